The van der Waals surface area contributed by atoms with Gasteiger partial charge in [-0.1, -0.05) is 6.42 Å². The minimum atomic E-state index is -3.12. The van der Waals surface area contributed by atoms with E-state index in [1.54, 1.807) is 4.31 Å². The first-order valence-electron chi connectivity index (χ1n) is 7.94. The molecule has 2 unspecified atom stereocenters. The van der Waals surface area contributed by atoms with Gasteiger partial charge in [0.25, 0.3) is 0 Å². The van der Waals surface area contributed by atoms with E-state index in [0.29, 0.717) is 25.7 Å². The summed E-state index contributed by atoms with van der Waals surface area (Å²) in [5.74, 6) is 0.267. The molecule has 1 N–H and O–H groups in total. The van der Waals surface area contributed by atoms with E-state index in [-0.39, 0.29) is 11.9 Å². The molecule has 2 fully saturated rings. The van der Waals surface area contributed by atoms with Gasteiger partial charge < -0.3 is 10.1 Å². The molecule has 0 aromatic carbocycles. The molecule has 0 radical (unpaired) electrons. The summed E-state index contributed by atoms with van der Waals surface area (Å²) in [6.07, 6.45) is 6.24. The Balaban J connectivity index is 1.82. The molecule has 0 spiro atoms. The van der Waals surface area contributed by atoms with Gasteiger partial charge >= 0.3 is 0 Å². The summed E-state index contributed by atoms with van der Waals surface area (Å²) in [5, 5.41) is 3.42. The van der Waals surface area contributed by atoms with E-state index in [1.807, 2.05) is 6.92 Å². The zero-order valence-corrected chi connectivity index (χ0v) is 13.3. The van der Waals surface area contributed by atoms with Crippen LogP contribution in [0.5, 0.6) is 0 Å². The molecule has 0 saturated carbocycles. The molecule has 2 aliphatic heterocycles. The molecule has 20 heavy (non-hydrogen) atoms. The summed E-state index contributed by atoms with van der Waals surface area (Å²) < 4.78 is 32.1. The quantitative estimate of drug-likeness (QED) is 0.805. The van der Waals surface area contributed by atoms with Crippen LogP contribution in [-0.4, -0.2) is 56.9 Å². The van der Waals surface area contributed by atoms with Crippen LogP contribution in [0, 0.1) is 0 Å². The number of piperidine rings is 2. The van der Waals surface area contributed by atoms with Crippen molar-refractivity contribution in [3.05, 3.63) is 0 Å². The van der Waals surface area contributed by atoms with Crippen LogP contribution >= 0.6 is 0 Å². The monoisotopic (exact) mass is 304 g/mol. The Morgan fingerprint density at radius 3 is 2.80 bits per heavy atom. The zero-order valence-electron chi connectivity index (χ0n) is 12.5. The molecule has 5 nitrogen and oxygen atoms in total. The van der Waals surface area contributed by atoms with Crippen molar-refractivity contribution in [1.82, 2.24) is 9.62 Å². The van der Waals surface area contributed by atoms with Crippen LogP contribution in [-0.2, 0) is 14.8 Å². The highest BCUT2D eigenvalue weighted by Crippen LogP contribution is 2.18. The zero-order chi connectivity index (χ0) is 14.4. The normalized spacial score (nSPS) is 29.4. The van der Waals surface area contributed by atoms with Gasteiger partial charge in [-0.15, -0.1) is 0 Å². The van der Waals surface area contributed by atoms with E-state index in [2.05, 4.69) is 5.32 Å². The third kappa shape index (κ3) is 4.69. The van der Waals surface area contributed by atoms with Gasteiger partial charge in [-0.25, -0.2) is 8.42 Å². The molecular weight excluding hydrogens is 276 g/mol. The fourth-order valence-corrected chi connectivity index (χ4v) is 4.76. The SMILES string of the molecule is CCOC1CCCN(S(=O)(=O)CCC2CCCCN2)C1. The second-order valence-corrected chi connectivity index (χ2v) is 7.92. The highest BCUT2D eigenvalue weighted by molar-refractivity contribution is 7.89. The fraction of sp³-hybridized carbons (Fsp3) is 1.00. The van der Waals surface area contributed by atoms with Crippen LogP contribution in [0.2, 0.25) is 0 Å². The molecule has 0 amide bonds. The van der Waals surface area contributed by atoms with Gasteiger partial charge in [0, 0.05) is 25.7 Å². The van der Waals surface area contributed by atoms with E-state index in [1.165, 1.54) is 12.8 Å². The number of hydrogen-bond acceptors (Lipinski definition) is 4. The van der Waals surface area contributed by atoms with Crippen LogP contribution in [0.25, 0.3) is 0 Å². The number of nitrogens with one attached hydrogen (secondary N) is 1. The van der Waals surface area contributed by atoms with Crippen molar-refractivity contribution in [2.75, 3.05) is 32.0 Å². The molecule has 2 saturated heterocycles. The lowest BCUT2D eigenvalue weighted by atomic mass is 10.0. The Morgan fingerprint density at radius 1 is 1.25 bits per heavy atom. The van der Waals surface area contributed by atoms with Crippen LogP contribution in [0.3, 0.4) is 0 Å². The Morgan fingerprint density at radius 2 is 2.10 bits per heavy atom. The summed E-state index contributed by atoms with van der Waals surface area (Å²) in [5.41, 5.74) is 0. The van der Waals surface area contributed by atoms with Crippen molar-refractivity contribution >= 4 is 10.0 Å². The molecule has 2 atom stereocenters. The lowest BCUT2D eigenvalue weighted by Crippen LogP contribution is -2.45. The first kappa shape index (κ1) is 16.2. The lowest BCUT2D eigenvalue weighted by Gasteiger charge is -2.32. The number of ether oxygens (including phenoxy) is 1. The van der Waals surface area contributed by atoms with Crippen LogP contribution in [0.1, 0.15) is 45.4 Å². The highest BCUT2D eigenvalue weighted by atomic mass is 32.2. The Hall–Kier alpha value is -0.170. The molecule has 2 rings (SSSR count). The van der Waals surface area contributed by atoms with Gasteiger partial charge in [-0.3, -0.25) is 0 Å². The summed E-state index contributed by atoms with van der Waals surface area (Å²) in [4.78, 5) is 0. The maximum atomic E-state index is 12.4. The minimum Gasteiger partial charge on any atom is -0.377 e. The first-order chi connectivity index (χ1) is 9.62. The molecule has 0 aromatic heterocycles. The van der Waals surface area contributed by atoms with E-state index in [0.717, 1.165) is 32.2 Å². The fourth-order valence-electron chi connectivity index (χ4n) is 3.12. The van der Waals surface area contributed by atoms with Crippen LogP contribution < -0.4 is 5.32 Å². The summed E-state index contributed by atoms with van der Waals surface area (Å²) in [7, 11) is -3.12. The van der Waals surface area contributed by atoms with E-state index in [4.69, 9.17) is 4.74 Å². The molecular formula is C14H28N2O3S. The second-order valence-electron chi connectivity index (χ2n) is 5.83. The van der Waals surface area contributed by atoms with E-state index in [9.17, 15) is 8.42 Å². The van der Waals surface area contributed by atoms with Crippen molar-refractivity contribution in [2.45, 2.75) is 57.6 Å². The standard InChI is InChI=1S/C14H28N2O3S/c1-2-19-14-7-5-10-16(12-14)20(17,18)11-8-13-6-3-4-9-15-13/h13-15H,2-12H2,1H3. The molecule has 0 aromatic rings. The van der Waals surface area contributed by atoms with Crippen LogP contribution in [0.15, 0.2) is 0 Å². The Labute approximate surface area is 123 Å². The number of nitrogens with zero attached hydrogens (tertiary/aromatic N) is 1. The van der Waals surface area contributed by atoms with Gasteiger partial charge in [0.1, 0.15) is 0 Å². The smallest absolute Gasteiger partial charge is 0.214 e. The third-order valence-electron chi connectivity index (χ3n) is 4.27. The molecule has 6 heteroatoms. The maximum absolute atomic E-state index is 12.4. The van der Waals surface area contributed by atoms with Crippen molar-refractivity contribution < 1.29 is 13.2 Å². The minimum absolute atomic E-state index is 0.0799. The molecule has 118 valence electrons. The van der Waals surface area contributed by atoms with Crippen molar-refractivity contribution in [2.24, 2.45) is 0 Å². The highest BCUT2D eigenvalue weighted by Gasteiger charge is 2.29. The van der Waals surface area contributed by atoms with Crippen molar-refractivity contribution in [3.8, 4) is 0 Å². The van der Waals surface area contributed by atoms with Gasteiger partial charge in [0.05, 0.1) is 11.9 Å². The second kappa shape index (κ2) is 7.73. The van der Waals surface area contributed by atoms with Gasteiger partial charge in [-0.2, -0.15) is 4.31 Å². The number of rotatable bonds is 6. The van der Waals surface area contributed by atoms with Gasteiger partial charge in [0.2, 0.25) is 10.0 Å². The van der Waals surface area contributed by atoms with E-state index >= 15 is 0 Å². The van der Waals surface area contributed by atoms with Crippen LogP contribution in [0.4, 0.5) is 0 Å². The van der Waals surface area contributed by atoms with Gasteiger partial charge in [-0.05, 0) is 45.6 Å². The average Bonchev–Trinajstić information content (AvgIpc) is 2.47. The van der Waals surface area contributed by atoms with Crippen molar-refractivity contribution in [1.29, 1.82) is 0 Å². The predicted octanol–water partition coefficient (Wildman–Crippen LogP) is 1.35. The predicted molar refractivity (Wildman–Crippen MR) is 80.3 cm³/mol. The molecule has 2 aliphatic rings. The summed E-state index contributed by atoms with van der Waals surface area (Å²) in [6.45, 7) is 4.84. The average molecular weight is 304 g/mol. The molecule has 0 aliphatic carbocycles. The molecule has 2 heterocycles. The summed E-state index contributed by atoms with van der Waals surface area (Å²) >= 11 is 0. The van der Waals surface area contributed by atoms with Gasteiger partial charge in [0.15, 0.2) is 0 Å². The van der Waals surface area contributed by atoms with E-state index < -0.39 is 10.0 Å². The molecule has 0 bridgehead atoms. The number of sulfonamides is 1. The summed E-state index contributed by atoms with van der Waals surface area (Å²) in [6, 6.07) is 0.381. The first-order valence-corrected chi connectivity index (χ1v) is 9.55. The van der Waals surface area contributed by atoms with Crippen molar-refractivity contribution in [3.63, 3.8) is 0 Å². The third-order valence-corrected chi connectivity index (χ3v) is 6.14. The maximum Gasteiger partial charge on any atom is 0.214 e. The number of hydrogen-bond donors (Lipinski definition) is 1. The lowest BCUT2D eigenvalue weighted by molar-refractivity contribution is 0.0265. The Kier molecular flexibility index (Phi) is 6.26. The topological polar surface area (TPSA) is 58.6 Å². The Bertz CT molecular complexity index is 378. The largest absolute Gasteiger partial charge is 0.377 e.